The highest BCUT2D eigenvalue weighted by Crippen LogP contribution is 2.08. The minimum atomic E-state index is 0.0268. The number of ketones is 1. The van der Waals surface area contributed by atoms with Crippen molar-refractivity contribution in [1.29, 1.82) is 0 Å². The van der Waals surface area contributed by atoms with Crippen LogP contribution in [0.1, 0.15) is 5.56 Å². The Labute approximate surface area is 121 Å². The van der Waals surface area contributed by atoms with Gasteiger partial charge in [0.05, 0.1) is 12.1 Å². The fraction of sp³-hybridized carbons (Fsp3) is 0.200. The fourth-order valence-electron chi connectivity index (χ4n) is 2.25. The highest BCUT2D eigenvalue weighted by Gasteiger charge is 2.10. The molecule has 3 aromatic rings. The number of carbonyl (C=O) groups excluding carboxylic acids is 1. The van der Waals surface area contributed by atoms with E-state index in [1.54, 1.807) is 0 Å². The van der Waals surface area contributed by atoms with Crippen LogP contribution in [0.3, 0.4) is 0 Å². The van der Waals surface area contributed by atoms with Crippen LogP contribution in [0.25, 0.3) is 11.0 Å². The predicted octanol–water partition coefficient (Wildman–Crippen LogP) is 0.295. The van der Waals surface area contributed by atoms with E-state index in [0.717, 1.165) is 16.6 Å². The van der Waals surface area contributed by atoms with Crippen molar-refractivity contribution in [3.8, 4) is 0 Å². The van der Waals surface area contributed by atoms with Crippen LogP contribution in [0, 0.1) is 0 Å². The summed E-state index contributed by atoms with van der Waals surface area (Å²) < 4.78 is 3.80. The number of nitrogens with two attached hydrogens (primary N) is 1. The summed E-state index contributed by atoms with van der Waals surface area (Å²) >= 11 is 0. The number of hydrogen-bond acceptors (Lipinski definition) is 4. The molecule has 0 spiro atoms. The maximum absolute atomic E-state index is 11.4. The molecule has 1 aromatic carbocycles. The summed E-state index contributed by atoms with van der Waals surface area (Å²) in [7, 11) is 0. The highest BCUT2D eigenvalue weighted by atomic mass is 16.1. The second-order valence-electron chi connectivity index (χ2n) is 4.87. The van der Waals surface area contributed by atoms with Gasteiger partial charge in [0.25, 0.3) is 0 Å². The summed E-state index contributed by atoms with van der Waals surface area (Å²) in [6.07, 6.45) is 4.23. The Morgan fingerprint density at radius 1 is 1.24 bits per heavy atom. The van der Waals surface area contributed by atoms with Crippen molar-refractivity contribution in [3.05, 3.63) is 54.4 Å². The number of hydrogen-bond donors (Lipinski definition) is 1. The molecule has 0 saturated heterocycles. The van der Waals surface area contributed by atoms with Gasteiger partial charge in [-0.1, -0.05) is 17.3 Å². The van der Waals surface area contributed by atoms with E-state index in [1.165, 1.54) is 0 Å². The molecule has 0 aliphatic carbocycles. The molecule has 0 fully saturated rings. The van der Waals surface area contributed by atoms with E-state index in [2.05, 4.69) is 10.3 Å². The zero-order valence-electron chi connectivity index (χ0n) is 11.5. The molecule has 0 saturated carbocycles. The van der Waals surface area contributed by atoms with Gasteiger partial charge in [-0.05, 0) is 18.2 Å². The Morgan fingerprint density at radius 3 is 2.95 bits per heavy atom. The van der Waals surface area contributed by atoms with Gasteiger partial charge in [0.15, 0.2) is 18.2 Å². The Balaban J connectivity index is 1.84. The van der Waals surface area contributed by atoms with Crippen molar-refractivity contribution < 1.29 is 9.36 Å². The Bertz CT molecular complexity index is 780. The summed E-state index contributed by atoms with van der Waals surface area (Å²) in [6.45, 7) is 0.619. The van der Waals surface area contributed by atoms with Gasteiger partial charge in [-0.3, -0.25) is 4.79 Å². The SMILES string of the molecule is NCC(=O)Cc1ccc[n+](Cn2nnc3ccccc32)c1. The van der Waals surface area contributed by atoms with Crippen molar-refractivity contribution in [1.82, 2.24) is 15.0 Å². The highest BCUT2D eigenvalue weighted by molar-refractivity contribution is 5.82. The number of carbonyl (C=O) groups is 1. The first-order chi connectivity index (χ1) is 10.3. The number of rotatable bonds is 5. The monoisotopic (exact) mass is 282 g/mol. The molecule has 0 atom stereocenters. The normalized spacial score (nSPS) is 10.9. The molecule has 21 heavy (non-hydrogen) atoms. The minimum absolute atomic E-state index is 0.0268. The molecule has 6 heteroatoms. The summed E-state index contributed by atoms with van der Waals surface area (Å²) in [5.41, 5.74) is 8.14. The fourth-order valence-corrected chi connectivity index (χ4v) is 2.25. The number of nitrogens with zero attached hydrogens (tertiary/aromatic N) is 4. The molecule has 0 aliphatic rings. The number of benzene rings is 1. The van der Waals surface area contributed by atoms with Crippen molar-refractivity contribution >= 4 is 16.8 Å². The van der Waals surface area contributed by atoms with Gasteiger partial charge in [0.2, 0.25) is 6.67 Å². The first-order valence-corrected chi connectivity index (χ1v) is 6.74. The largest absolute Gasteiger partial charge is 0.324 e. The summed E-state index contributed by atoms with van der Waals surface area (Å²) in [5, 5.41) is 8.28. The van der Waals surface area contributed by atoms with Crippen molar-refractivity contribution in [2.24, 2.45) is 5.73 Å². The van der Waals surface area contributed by atoms with E-state index in [-0.39, 0.29) is 12.3 Å². The standard InChI is InChI=1S/C15H16N5O/c16-9-13(21)8-12-4-3-7-19(10-12)11-20-15-6-2-1-5-14(15)17-18-20/h1-7,10H,8-9,11,16H2/q+1. The van der Waals surface area contributed by atoms with Crippen molar-refractivity contribution in [2.75, 3.05) is 6.54 Å². The Kier molecular flexibility index (Phi) is 3.70. The van der Waals surface area contributed by atoms with Gasteiger partial charge >= 0.3 is 0 Å². The van der Waals surface area contributed by atoms with Crippen LogP contribution in [0.15, 0.2) is 48.8 Å². The third-order valence-corrected chi connectivity index (χ3v) is 3.27. The maximum Gasteiger partial charge on any atom is 0.244 e. The topological polar surface area (TPSA) is 77.7 Å². The molecule has 2 aromatic heterocycles. The van der Waals surface area contributed by atoms with Crippen LogP contribution in [-0.2, 0) is 17.9 Å². The van der Waals surface area contributed by atoms with Crippen LogP contribution in [0.2, 0.25) is 0 Å². The molecule has 106 valence electrons. The van der Waals surface area contributed by atoms with Gasteiger partial charge in [-0.2, -0.15) is 9.25 Å². The molecule has 2 N–H and O–H groups in total. The average molecular weight is 282 g/mol. The number of para-hydroxylation sites is 1. The van der Waals surface area contributed by atoms with Crippen LogP contribution in [-0.4, -0.2) is 27.3 Å². The van der Waals surface area contributed by atoms with Crippen molar-refractivity contribution in [2.45, 2.75) is 13.1 Å². The quantitative estimate of drug-likeness (QED) is 0.683. The minimum Gasteiger partial charge on any atom is -0.324 e. The summed E-state index contributed by atoms with van der Waals surface area (Å²) in [6, 6.07) is 11.6. The molecule has 6 nitrogen and oxygen atoms in total. The van der Waals surface area contributed by atoms with E-state index in [1.807, 2.05) is 58.0 Å². The lowest BCUT2D eigenvalue weighted by atomic mass is 10.1. The van der Waals surface area contributed by atoms with Gasteiger partial charge in [0.1, 0.15) is 5.52 Å². The molecule has 0 radical (unpaired) electrons. The molecule has 3 rings (SSSR count). The zero-order chi connectivity index (χ0) is 14.7. The van der Waals surface area contributed by atoms with Crippen LogP contribution < -0.4 is 10.3 Å². The lowest BCUT2D eigenvalue weighted by Gasteiger charge is -2.01. The summed E-state index contributed by atoms with van der Waals surface area (Å²) in [5.74, 6) is 0.0268. The van der Waals surface area contributed by atoms with Gasteiger partial charge in [-0.25, -0.2) is 0 Å². The van der Waals surface area contributed by atoms with Crippen molar-refractivity contribution in [3.63, 3.8) is 0 Å². The number of fused-ring (bicyclic) bond motifs is 1. The van der Waals surface area contributed by atoms with E-state index in [0.29, 0.717) is 13.1 Å². The second kappa shape index (κ2) is 5.80. The number of aromatic nitrogens is 4. The van der Waals surface area contributed by atoms with Gasteiger partial charge in [0, 0.05) is 18.1 Å². The lowest BCUT2D eigenvalue weighted by molar-refractivity contribution is -0.702. The molecule has 2 heterocycles. The second-order valence-corrected chi connectivity index (χ2v) is 4.87. The van der Waals surface area contributed by atoms with Gasteiger partial charge < -0.3 is 5.73 Å². The molecule has 0 bridgehead atoms. The molecular weight excluding hydrogens is 266 g/mol. The van der Waals surface area contributed by atoms with E-state index < -0.39 is 0 Å². The van der Waals surface area contributed by atoms with E-state index >= 15 is 0 Å². The molecule has 0 unspecified atom stereocenters. The molecule has 0 aliphatic heterocycles. The Morgan fingerprint density at radius 2 is 2.10 bits per heavy atom. The first-order valence-electron chi connectivity index (χ1n) is 6.74. The zero-order valence-corrected chi connectivity index (χ0v) is 11.5. The van der Waals surface area contributed by atoms with Crippen LogP contribution >= 0.6 is 0 Å². The van der Waals surface area contributed by atoms with Gasteiger partial charge in [-0.15, -0.1) is 5.10 Å². The number of Topliss-reactive ketones (excluding diaryl/α,β-unsaturated/α-hetero) is 1. The van der Waals surface area contributed by atoms with E-state index in [4.69, 9.17) is 5.73 Å². The first kappa shape index (κ1) is 13.4. The third-order valence-electron chi connectivity index (χ3n) is 3.27. The van der Waals surface area contributed by atoms with Crippen LogP contribution in [0.5, 0.6) is 0 Å². The predicted molar refractivity (Wildman–Crippen MR) is 77.3 cm³/mol. The Hall–Kier alpha value is -2.60. The summed E-state index contributed by atoms with van der Waals surface area (Å²) in [4.78, 5) is 11.4. The molecular formula is C15H16N5O+. The third kappa shape index (κ3) is 2.95. The number of pyridine rings is 1. The average Bonchev–Trinajstić information content (AvgIpc) is 2.91. The van der Waals surface area contributed by atoms with Crippen LogP contribution in [0.4, 0.5) is 0 Å². The maximum atomic E-state index is 11.4. The molecule has 0 amide bonds. The lowest BCUT2D eigenvalue weighted by Crippen LogP contribution is -2.37. The van der Waals surface area contributed by atoms with E-state index in [9.17, 15) is 4.79 Å². The smallest absolute Gasteiger partial charge is 0.244 e.